The molecule has 2 aromatic heterocycles. The fourth-order valence-corrected chi connectivity index (χ4v) is 1.04. The Kier molecular flexibility index (Phi) is 24.9. The Balaban J connectivity index is -0.0000000950. The standard InChI is InChI=1S/2C5H7N2.2CO.2Ru/c2*1-4-3-5(2)7-6-4;2*1-2;;/h2*3H,1-2H3;;;;/q2*-1;;;2*+1. The Hall–Kier alpha value is -0.853. The Bertz CT molecular complexity index is 401. The van der Waals surface area contributed by atoms with Crippen molar-refractivity contribution in [2.75, 3.05) is 0 Å². The summed E-state index contributed by atoms with van der Waals surface area (Å²) in [6, 6.07) is 3.89. The van der Waals surface area contributed by atoms with E-state index < -0.39 is 0 Å². The van der Waals surface area contributed by atoms with E-state index in [1.165, 1.54) is 0 Å². The maximum absolute atomic E-state index is 7.50. The van der Waals surface area contributed by atoms with Gasteiger partial charge in [0.25, 0.3) is 0 Å². The number of aryl methyl sites for hydroxylation is 4. The van der Waals surface area contributed by atoms with Gasteiger partial charge in [-0.05, 0) is 13.8 Å². The van der Waals surface area contributed by atoms with E-state index in [-0.39, 0.29) is 39.0 Å². The summed E-state index contributed by atoms with van der Waals surface area (Å²) in [4.78, 5) is 0. The van der Waals surface area contributed by atoms with Gasteiger partial charge in [-0.15, -0.1) is 11.4 Å². The van der Waals surface area contributed by atoms with E-state index in [1.54, 1.807) is 0 Å². The smallest absolute Gasteiger partial charge is 1.00 e. The topological polar surface area (TPSA) is 93.8 Å². The van der Waals surface area contributed by atoms with Crippen molar-refractivity contribution in [2.24, 2.45) is 0 Å². The summed E-state index contributed by atoms with van der Waals surface area (Å²) < 4.78 is 15.0. The third-order valence-corrected chi connectivity index (χ3v) is 1.57. The minimum atomic E-state index is 0. The van der Waals surface area contributed by atoms with Crippen LogP contribution in [0.2, 0.25) is 0 Å². The number of hydrogen-bond donors (Lipinski definition) is 0. The van der Waals surface area contributed by atoms with Crippen LogP contribution in [0.25, 0.3) is 0 Å². The Morgan fingerprint density at radius 2 is 1.00 bits per heavy atom. The van der Waals surface area contributed by atoms with Crippen LogP contribution >= 0.6 is 0 Å². The van der Waals surface area contributed by atoms with E-state index in [0.717, 1.165) is 22.8 Å². The molecule has 6 nitrogen and oxygen atoms in total. The fourth-order valence-electron chi connectivity index (χ4n) is 1.04. The van der Waals surface area contributed by atoms with Crippen molar-refractivity contribution in [3.63, 3.8) is 0 Å². The minimum absolute atomic E-state index is 0. The molecule has 0 unspecified atom stereocenters. The monoisotopic (exact) mass is 450 g/mol. The van der Waals surface area contributed by atoms with Crippen LogP contribution < -0.4 is 10.2 Å². The average molecular weight is 448 g/mol. The molecule has 0 amide bonds. The van der Waals surface area contributed by atoms with Crippen molar-refractivity contribution in [2.45, 2.75) is 27.7 Å². The van der Waals surface area contributed by atoms with Crippen molar-refractivity contribution in [3.8, 4) is 0 Å². The summed E-state index contributed by atoms with van der Waals surface area (Å²) in [5.41, 5.74) is 3.99. The average Bonchev–Trinajstić information content (AvgIpc) is 2.93. The molecule has 0 aliphatic heterocycles. The van der Waals surface area contributed by atoms with Crippen LogP contribution in [-0.4, -0.2) is 10.2 Å². The van der Waals surface area contributed by atoms with Crippen LogP contribution in [0.3, 0.4) is 0 Å². The van der Waals surface area contributed by atoms with Gasteiger partial charge in [0.05, 0.1) is 0 Å². The van der Waals surface area contributed by atoms with Gasteiger partial charge >= 0.3 is 61.6 Å². The summed E-state index contributed by atoms with van der Waals surface area (Å²) in [5, 5.41) is 15.1. The molecule has 0 fully saturated rings. The normalized spacial score (nSPS) is 6.80. The van der Waals surface area contributed by atoms with Gasteiger partial charge in [0, 0.05) is 11.4 Å². The predicted octanol–water partition coefficient (Wildman–Crippen LogP) is 1.23. The van der Waals surface area contributed by atoms with E-state index in [4.69, 9.17) is 9.30 Å². The molecule has 0 atom stereocenters. The first-order chi connectivity index (χ1) is 8.58. The zero-order chi connectivity index (χ0) is 14.6. The summed E-state index contributed by atoms with van der Waals surface area (Å²) in [6.07, 6.45) is 0. The van der Waals surface area contributed by atoms with E-state index in [0.29, 0.717) is 0 Å². The second-order valence-electron chi connectivity index (χ2n) is 3.25. The summed E-state index contributed by atoms with van der Waals surface area (Å²) in [6.45, 7) is 16.7. The van der Waals surface area contributed by atoms with Gasteiger partial charge in [-0.2, -0.15) is 0 Å². The number of rotatable bonds is 0. The molecule has 0 aliphatic rings. The van der Waals surface area contributed by atoms with Crippen molar-refractivity contribution in [3.05, 3.63) is 48.2 Å². The molecule has 0 aromatic carbocycles. The van der Waals surface area contributed by atoms with Crippen molar-refractivity contribution < 1.29 is 48.3 Å². The first-order valence-corrected chi connectivity index (χ1v) is 4.86. The van der Waals surface area contributed by atoms with Gasteiger partial charge in [0.15, 0.2) is 0 Å². The molecule has 0 spiro atoms. The van der Waals surface area contributed by atoms with Crippen LogP contribution in [0.5, 0.6) is 0 Å². The SMILES string of the molecule is Cc1cc(C)[n-]n1.Cc1cc(C)[n-]n1.[C-]#[O+].[C-]#[O+].[Ru+].[Ru+]. The summed E-state index contributed by atoms with van der Waals surface area (Å²) >= 11 is 0. The summed E-state index contributed by atoms with van der Waals surface area (Å²) in [5.74, 6) is 0. The largest absolute Gasteiger partial charge is 1.00 e. The van der Waals surface area contributed by atoms with E-state index >= 15 is 0 Å². The van der Waals surface area contributed by atoms with Gasteiger partial charge < -0.3 is 20.4 Å². The van der Waals surface area contributed by atoms with Gasteiger partial charge in [0.1, 0.15) is 0 Å². The molecule has 0 bridgehead atoms. The van der Waals surface area contributed by atoms with Crippen molar-refractivity contribution in [1.82, 2.24) is 20.4 Å². The molecule has 110 valence electrons. The molecule has 0 saturated carbocycles. The third kappa shape index (κ3) is 15.2. The molecule has 20 heavy (non-hydrogen) atoms. The molecule has 2 heterocycles. The van der Waals surface area contributed by atoms with Gasteiger partial charge in [-0.1, -0.05) is 26.0 Å². The van der Waals surface area contributed by atoms with Crippen molar-refractivity contribution >= 4 is 0 Å². The quantitative estimate of drug-likeness (QED) is 0.344. The molecule has 0 saturated heterocycles. The maximum atomic E-state index is 7.50. The maximum Gasteiger partial charge on any atom is 1.00 e. The molecule has 8 heteroatoms. The Labute approximate surface area is 144 Å². The molecule has 0 aliphatic carbocycles. The number of hydrogen-bond acceptors (Lipinski definition) is 2. The zero-order valence-electron chi connectivity index (χ0n) is 11.5. The Morgan fingerprint density at radius 3 is 1.05 bits per heavy atom. The fraction of sp³-hybridized carbons (Fsp3) is 0.333. The summed E-state index contributed by atoms with van der Waals surface area (Å²) in [7, 11) is 0. The Morgan fingerprint density at radius 1 is 0.750 bits per heavy atom. The zero-order valence-corrected chi connectivity index (χ0v) is 14.9. The molecule has 0 N–H and O–H groups in total. The van der Waals surface area contributed by atoms with Gasteiger partial charge in [-0.25, -0.2) is 0 Å². The number of nitrogens with zero attached hydrogens (tertiary/aromatic N) is 4. The minimum Gasteiger partial charge on any atom is 1.00 e. The van der Waals surface area contributed by atoms with E-state index in [9.17, 15) is 0 Å². The second-order valence-corrected chi connectivity index (χ2v) is 3.25. The van der Waals surface area contributed by atoms with Crippen molar-refractivity contribution in [1.29, 1.82) is 0 Å². The van der Waals surface area contributed by atoms with E-state index in [2.05, 4.69) is 33.7 Å². The van der Waals surface area contributed by atoms with Gasteiger partial charge in [0.2, 0.25) is 0 Å². The van der Waals surface area contributed by atoms with Crippen LogP contribution in [-0.2, 0) is 48.3 Å². The molecule has 2 aromatic rings. The van der Waals surface area contributed by atoms with Crippen LogP contribution in [0.1, 0.15) is 22.8 Å². The predicted molar refractivity (Wildman–Crippen MR) is 61.9 cm³/mol. The molecular weight excluding hydrogens is 434 g/mol. The van der Waals surface area contributed by atoms with Gasteiger partial charge in [-0.3, -0.25) is 0 Å². The molecular formula is C12H14N4O2Ru2. The first-order valence-electron chi connectivity index (χ1n) is 4.86. The van der Waals surface area contributed by atoms with Crippen LogP contribution in [0, 0.1) is 41.0 Å². The molecule has 2 rings (SSSR count). The first kappa shape index (κ1) is 27.5. The van der Waals surface area contributed by atoms with Crippen LogP contribution in [0.15, 0.2) is 12.1 Å². The number of aromatic nitrogens is 4. The molecule has 2 radical (unpaired) electrons. The van der Waals surface area contributed by atoms with E-state index in [1.807, 2.05) is 39.8 Å². The third-order valence-electron chi connectivity index (χ3n) is 1.57. The second kappa shape index (κ2) is 18.1. The van der Waals surface area contributed by atoms with Crippen LogP contribution in [0.4, 0.5) is 0 Å².